The molecule has 3 amide bonds. The lowest BCUT2D eigenvalue weighted by Crippen LogP contribution is -2.34. The van der Waals surface area contributed by atoms with Crippen molar-refractivity contribution in [1.29, 1.82) is 0 Å². The van der Waals surface area contributed by atoms with Gasteiger partial charge in [-0.1, -0.05) is 90.5 Å². The highest BCUT2D eigenvalue weighted by Crippen LogP contribution is 2.35. The maximum atomic E-state index is 12.4. The maximum Gasteiger partial charge on any atom is 0.351 e. The van der Waals surface area contributed by atoms with Crippen molar-refractivity contribution >= 4 is 142 Å². The number of ketones is 1. The summed E-state index contributed by atoms with van der Waals surface area (Å²) in [6.45, 7) is -0.623. The molecule has 4 heterocycles. The summed E-state index contributed by atoms with van der Waals surface area (Å²) in [4.78, 5) is 134. The molecule has 13 aromatic rings. The third-order valence-electron chi connectivity index (χ3n) is 16.1. The Morgan fingerprint density at radius 3 is 2.07 bits per heavy atom. The number of Topliss-reactive ketones (excluding diaryl/α,β-unsaturated/α-hetero) is 1. The van der Waals surface area contributed by atoms with Crippen LogP contribution in [0, 0.1) is 20.2 Å². The van der Waals surface area contributed by atoms with Crippen LogP contribution in [-0.4, -0.2) is 112 Å². The number of phenolic OH excluding ortho intramolecular Hbond substituents is 2. The minimum Gasteiger partial charge on any atom is -0.506 e. The van der Waals surface area contributed by atoms with E-state index in [4.69, 9.17) is 40.1 Å². The van der Waals surface area contributed by atoms with Gasteiger partial charge in [0.1, 0.15) is 57.7 Å². The average Bonchev–Trinajstić information content (AvgIpc) is 0.715. The number of nitro groups is 2. The first-order chi connectivity index (χ1) is 54.4. The van der Waals surface area contributed by atoms with Gasteiger partial charge in [-0.15, -0.1) is 0 Å². The molecule has 0 saturated carbocycles. The number of aliphatic carboxylic acids is 1. The number of para-hydroxylation sites is 3. The predicted octanol–water partition coefficient (Wildman–Crippen LogP) is 13.8. The minimum absolute atomic E-state index is 0.0526. The van der Waals surface area contributed by atoms with E-state index in [-0.39, 0.29) is 99.7 Å². The molecule has 9 aromatic carbocycles. The van der Waals surface area contributed by atoms with E-state index in [2.05, 4.69) is 57.4 Å². The molecular formula is C80H63BrClN11O20. The summed E-state index contributed by atoms with van der Waals surface area (Å²) >= 11 is 9.20. The number of phenols is 2. The number of nitro benzene ring substituents is 2. The van der Waals surface area contributed by atoms with Crippen molar-refractivity contribution in [2.24, 2.45) is 0 Å². The zero-order chi connectivity index (χ0) is 80.7. The first kappa shape index (κ1) is 80.7. The number of amides is 3. The van der Waals surface area contributed by atoms with E-state index in [1.54, 1.807) is 109 Å². The van der Waals surface area contributed by atoms with E-state index in [1.807, 2.05) is 42.5 Å². The van der Waals surface area contributed by atoms with Crippen molar-refractivity contribution in [3.63, 3.8) is 0 Å². The number of fused-ring (bicyclic) bond motifs is 4. The van der Waals surface area contributed by atoms with E-state index < -0.39 is 45.7 Å². The lowest BCUT2D eigenvalue weighted by molar-refractivity contribution is -0.385. The fraction of sp³-hybridized carbons (Fsp3) is 0.100. The number of nitrogens with one attached hydrogen (secondary N) is 4. The van der Waals surface area contributed by atoms with Crippen LogP contribution in [0.5, 0.6) is 34.5 Å². The average molecular weight is 1610 g/mol. The molecule has 0 saturated heterocycles. The van der Waals surface area contributed by atoms with Crippen LogP contribution in [0.15, 0.2) is 237 Å². The smallest absolute Gasteiger partial charge is 0.351 e. The number of carboxylic acids is 1. The number of carbonyl (C=O) groups excluding carboxylic acids is 5. The van der Waals surface area contributed by atoms with E-state index in [9.17, 15) is 68.8 Å². The van der Waals surface area contributed by atoms with Gasteiger partial charge in [0.15, 0.2) is 12.4 Å². The molecule has 31 nitrogen and oxygen atoms in total. The third-order valence-corrected chi connectivity index (χ3v) is 16.9. The summed E-state index contributed by atoms with van der Waals surface area (Å²) in [6, 6.07) is 57.6. The number of pyridine rings is 1. The zero-order valence-electron chi connectivity index (χ0n) is 59.4. The van der Waals surface area contributed by atoms with E-state index in [0.717, 1.165) is 16.3 Å². The summed E-state index contributed by atoms with van der Waals surface area (Å²) in [5.41, 5.74) is 8.57. The molecule has 7 N–H and O–H groups in total. The number of hydrogen-bond donors (Lipinski definition) is 7. The fourth-order valence-electron chi connectivity index (χ4n) is 10.5. The van der Waals surface area contributed by atoms with E-state index in [0.29, 0.717) is 78.0 Å². The first-order valence-electron chi connectivity index (χ1n) is 33.6. The summed E-state index contributed by atoms with van der Waals surface area (Å²) < 4.78 is 27.5. The molecule has 0 aliphatic heterocycles. The van der Waals surface area contributed by atoms with Crippen molar-refractivity contribution in [2.45, 2.75) is 25.8 Å². The first-order valence-corrected chi connectivity index (χ1v) is 34.8. The van der Waals surface area contributed by atoms with Crippen LogP contribution in [0.3, 0.4) is 0 Å². The second kappa shape index (κ2) is 38.3. The van der Waals surface area contributed by atoms with Gasteiger partial charge in [-0.2, -0.15) is 0 Å². The molecule has 13 rings (SSSR count). The van der Waals surface area contributed by atoms with Crippen LogP contribution in [0.25, 0.3) is 67.1 Å². The quantitative estimate of drug-likeness (QED) is 0.00971. The molecule has 33 heteroatoms. The van der Waals surface area contributed by atoms with Gasteiger partial charge in [-0.25, -0.2) is 29.5 Å². The standard InChI is InChI=1S/C24H15NO8.C21H22N4O5.C18H15ClN4O3.C17H11BrN2O4/c26-21(14-31-23(27)20-13-16-3-1-2-4-22(16)33-24(20)28)15-5-9-18(10-6-15)32-19-11-7-17(8-12-19)25(29)30;1-29-14-7-8-18(30-2)17(11-14)24-19(26)9-10-22-20(27)12-25-13-23-16-6-4-3-5-15(16)21(25)28;19-12-6-7-14-13(10-12)17(11-4-2-1-3-5-11)21-18(20-14)23-22-15(24)8-9-16(25)26;18-14-9-13(20(23)24)8-11(17(14)22)5-7-12-6-4-10-2-1-3-15(21)16(10)19-12/h1-13H,14H2;3-8,11,13H,9-10,12H2,1-2H3,(H,22,27)(H,24,26);1-7,10H,8-9H2,(H,22,24)(H,25,26)(H,20,21,23);1-9,21-22H/b;;;7-5+. The SMILES string of the molecule is COc1ccc(OC)c(NC(=O)CCNC(=O)Cn2cnc3ccccc3c2=O)c1.O=C(COC(=O)c1cc2ccccc2oc1=O)c1ccc(Oc2ccc([N+](=O)[O-])cc2)cc1.O=C(O)CCC(=O)NNc1nc(-c2ccccc2)c2cc(Cl)ccc2n1.O=[N+]([O-])c1cc(Br)c(O)c(/C=C/c2ccc3cccc(O)c3n2)c1. The molecule has 0 aliphatic rings. The van der Waals surface area contributed by atoms with Gasteiger partial charge in [0.25, 0.3) is 16.9 Å². The molecule has 4 aromatic heterocycles. The molecule has 113 heavy (non-hydrogen) atoms. The minimum atomic E-state index is -1.04. The van der Waals surface area contributed by atoms with Gasteiger partial charge >= 0.3 is 17.6 Å². The Morgan fingerprint density at radius 1 is 0.646 bits per heavy atom. The molecule has 0 unspecified atom stereocenters. The summed E-state index contributed by atoms with van der Waals surface area (Å²) in [5.74, 6) is -1.58. The van der Waals surface area contributed by atoms with Crippen LogP contribution in [-0.2, 0) is 30.5 Å². The highest BCUT2D eigenvalue weighted by Gasteiger charge is 2.20. The van der Waals surface area contributed by atoms with Crippen LogP contribution in [0.2, 0.25) is 5.02 Å². The Hall–Kier alpha value is -14.8. The Kier molecular flexibility index (Phi) is 27.4. The Balaban J connectivity index is 0.000000161. The highest BCUT2D eigenvalue weighted by atomic mass is 79.9. The zero-order valence-corrected chi connectivity index (χ0v) is 61.7. The lowest BCUT2D eigenvalue weighted by Gasteiger charge is -2.12. The summed E-state index contributed by atoms with van der Waals surface area (Å²) in [6.07, 6.45) is 4.14. The molecule has 572 valence electrons. The normalized spacial score (nSPS) is 10.7. The van der Waals surface area contributed by atoms with Crippen molar-refractivity contribution in [2.75, 3.05) is 38.1 Å². The van der Waals surface area contributed by atoms with Crippen molar-refractivity contribution in [1.82, 2.24) is 35.2 Å². The van der Waals surface area contributed by atoms with Gasteiger partial charge in [0, 0.05) is 87.6 Å². The van der Waals surface area contributed by atoms with E-state index in [1.165, 1.54) is 97.9 Å². The molecule has 0 fully saturated rings. The number of hydrazine groups is 1. The van der Waals surface area contributed by atoms with Crippen LogP contribution in [0.4, 0.5) is 23.0 Å². The fourth-order valence-corrected chi connectivity index (χ4v) is 11.1. The molecule has 0 bridgehead atoms. The maximum absolute atomic E-state index is 12.4. The second-order valence-electron chi connectivity index (χ2n) is 23.8. The number of carboxylic acid groups (broad SMARTS) is 1. The monoisotopic (exact) mass is 1610 g/mol. The van der Waals surface area contributed by atoms with Gasteiger partial charge in [0.2, 0.25) is 23.7 Å². The molecule has 0 spiro atoms. The van der Waals surface area contributed by atoms with Gasteiger partial charge < -0.3 is 49.3 Å². The van der Waals surface area contributed by atoms with Crippen molar-refractivity contribution in [3.05, 3.63) is 292 Å². The number of hydrogen-bond acceptors (Lipinski definition) is 24. The van der Waals surface area contributed by atoms with Crippen molar-refractivity contribution < 1.29 is 77.3 Å². The number of anilines is 2. The number of aromatic nitrogens is 5. The number of esters is 1. The molecule has 0 radical (unpaired) electrons. The summed E-state index contributed by atoms with van der Waals surface area (Å²) in [7, 11) is 3.03. The Morgan fingerprint density at radius 2 is 1.35 bits per heavy atom. The van der Waals surface area contributed by atoms with Crippen molar-refractivity contribution in [3.8, 4) is 45.8 Å². The number of halogens is 2. The van der Waals surface area contributed by atoms with Gasteiger partial charge in [-0.3, -0.25) is 64.4 Å². The van der Waals surface area contributed by atoms with Crippen LogP contribution >= 0.6 is 27.5 Å². The Labute approximate surface area is 652 Å². The van der Waals surface area contributed by atoms with Gasteiger partial charge in [0.05, 0.1) is 74.8 Å². The predicted molar refractivity (Wildman–Crippen MR) is 422 cm³/mol. The largest absolute Gasteiger partial charge is 0.506 e. The van der Waals surface area contributed by atoms with Gasteiger partial charge in [-0.05, 0) is 131 Å². The third kappa shape index (κ3) is 22.2. The molecule has 0 atom stereocenters. The number of non-ortho nitro benzene ring substituents is 2. The number of ether oxygens (including phenoxy) is 4. The number of rotatable bonds is 24. The lowest BCUT2D eigenvalue weighted by atomic mass is 10.1. The van der Waals surface area contributed by atoms with E-state index >= 15 is 0 Å². The summed E-state index contributed by atoms with van der Waals surface area (Å²) in [5, 5.41) is 58.6. The van der Waals surface area contributed by atoms with Crippen LogP contribution in [0.1, 0.15) is 51.2 Å². The van der Waals surface area contributed by atoms with Crippen LogP contribution < -0.4 is 46.9 Å². The number of benzene rings is 9. The second-order valence-corrected chi connectivity index (χ2v) is 25.1. The molecular weight excluding hydrogens is 1550 g/mol. The number of methoxy groups -OCH3 is 2. The highest BCUT2D eigenvalue weighted by molar-refractivity contribution is 9.10. The topological polar surface area (TPSA) is 438 Å². The molecule has 0 aliphatic carbocycles. The Bertz CT molecular complexity index is 5920. The number of nitrogens with zero attached hydrogens (tertiary/aromatic N) is 7. The number of aromatic hydroxyl groups is 2. The number of carbonyl (C=O) groups is 6.